The Morgan fingerprint density at radius 2 is 2.19 bits per heavy atom. The first-order valence-corrected chi connectivity index (χ1v) is 9.48. The van der Waals surface area contributed by atoms with Crippen LogP contribution in [-0.4, -0.2) is 36.4 Å². The van der Waals surface area contributed by atoms with E-state index in [4.69, 9.17) is 23.2 Å². The third-order valence-electron chi connectivity index (χ3n) is 3.74. The second kappa shape index (κ2) is 6.42. The molecular formula is C12H15Cl2NO4S2. The molecule has 118 valence electrons. The van der Waals surface area contributed by atoms with E-state index in [2.05, 4.69) is 0 Å². The molecule has 2 atom stereocenters. The van der Waals surface area contributed by atoms with E-state index in [1.54, 1.807) is 0 Å². The summed E-state index contributed by atoms with van der Waals surface area (Å²) in [6, 6.07) is 0.220. The Hall–Kier alpha value is -0.340. The summed E-state index contributed by atoms with van der Waals surface area (Å²) in [6.45, 7) is 2.16. The number of halogens is 2. The van der Waals surface area contributed by atoms with Crippen LogP contribution in [-0.2, 0) is 14.8 Å². The maximum absolute atomic E-state index is 12.7. The van der Waals surface area contributed by atoms with Crippen molar-refractivity contribution in [2.75, 3.05) is 6.54 Å². The molecule has 21 heavy (non-hydrogen) atoms. The summed E-state index contributed by atoms with van der Waals surface area (Å²) >= 11 is 12.7. The van der Waals surface area contributed by atoms with E-state index < -0.39 is 22.0 Å². The highest BCUT2D eigenvalue weighted by Crippen LogP contribution is 2.38. The lowest BCUT2D eigenvalue weighted by Crippen LogP contribution is -2.49. The van der Waals surface area contributed by atoms with Crippen LogP contribution in [0.5, 0.6) is 0 Å². The quantitative estimate of drug-likeness (QED) is 0.880. The van der Waals surface area contributed by atoms with Gasteiger partial charge >= 0.3 is 5.97 Å². The molecule has 0 bridgehead atoms. The Bertz CT molecular complexity index is 644. The van der Waals surface area contributed by atoms with Crippen molar-refractivity contribution in [3.05, 3.63) is 14.7 Å². The largest absolute Gasteiger partial charge is 0.480 e. The minimum absolute atomic E-state index is 0.0572. The lowest BCUT2D eigenvalue weighted by molar-refractivity contribution is -0.143. The van der Waals surface area contributed by atoms with Crippen LogP contribution in [0.25, 0.3) is 0 Å². The van der Waals surface area contributed by atoms with Crippen molar-refractivity contribution in [3.63, 3.8) is 0 Å². The number of carboxylic acids is 1. The summed E-state index contributed by atoms with van der Waals surface area (Å²) in [6.07, 6.45) is 1.80. The number of aliphatic carboxylic acids is 1. The Labute approximate surface area is 137 Å². The van der Waals surface area contributed by atoms with Gasteiger partial charge < -0.3 is 5.11 Å². The average molecular weight is 372 g/mol. The van der Waals surface area contributed by atoms with Crippen LogP contribution < -0.4 is 0 Å². The van der Waals surface area contributed by atoms with Crippen LogP contribution in [0.3, 0.4) is 0 Å². The van der Waals surface area contributed by atoms with Crippen LogP contribution in [0, 0.1) is 5.92 Å². The number of hydrogen-bond acceptors (Lipinski definition) is 4. The van der Waals surface area contributed by atoms with Gasteiger partial charge in [-0.2, -0.15) is 4.31 Å². The van der Waals surface area contributed by atoms with E-state index in [0.717, 1.165) is 22.1 Å². The Morgan fingerprint density at radius 1 is 1.52 bits per heavy atom. The molecule has 1 aliphatic heterocycles. The third kappa shape index (κ3) is 3.37. The molecule has 2 heterocycles. The summed E-state index contributed by atoms with van der Waals surface area (Å²) in [5.41, 5.74) is 0. The number of carbonyl (C=O) groups is 1. The average Bonchev–Trinajstić information content (AvgIpc) is 2.77. The minimum atomic E-state index is -3.95. The van der Waals surface area contributed by atoms with Gasteiger partial charge in [-0.15, -0.1) is 11.3 Å². The Kier molecular flexibility index (Phi) is 5.20. The molecule has 1 aromatic rings. The van der Waals surface area contributed by atoms with E-state index in [0.29, 0.717) is 12.8 Å². The summed E-state index contributed by atoms with van der Waals surface area (Å²) in [7, 11) is -3.95. The SMILES string of the molecule is CCC1CCN(S(=O)(=O)c2cc(Cl)sc2Cl)C(C(=O)O)C1. The van der Waals surface area contributed by atoms with Gasteiger partial charge in [0.15, 0.2) is 0 Å². The van der Waals surface area contributed by atoms with E-state index in [9.17, 15) is 18.3 Å². The fourth-order valence-electron chi connectivity index (χ4n) is 2.53. The highest BCUT2D eigenvalue weighted by Gasteiger charge is 2.41. The van der Waals surface area contributed by atoms with Gasteiger partial charge in [0.25, 0.3) is 0 Å². The zero-order valence-corrected chi connectivity index (χ0v) is 14.4. The predicted octanol–water partition coefficient (Wildman–Crippen LogP) is 3.32. The van der Waals surface area contributed by atoms with Gasteiger partial charge in [-0.3, -0.25) is 4.79 Å². The minimum Gasteiger partial charge on any atom is -0.480 e. The number of rotatable bonds is 4. The monoisotopic (exact) mass is 371 g/mol. The number of carboxylic acid groups (broad SMARTS) is 1. The fourth-order valence-corrected chi connectivity index (χ4v) is 6.25. The van der Waals surface area contributed by atoms with Crippen molar-refractivity contribution in [2.45, 2.75) is 37.1 Å². The van der Waals surface area contributed by atoms with Crippen molar-refractivity contribution in [1.29, 1.82) is 0 Å². The van der Waals surface area contributed by atoms with E-state index >= 15 is 0 Å². The normalized spacial score (nSPS) is 24.1. The van der Waals surface area contributed by atoms with Crippen molar-refractivity contribution < 1.29 is 18.3 Å². The molecule has 0 spiro atoms. The standard InChI is InChI=1S/C12H15Cl2NO4S2/c1-2-7-3-4-15(8(5-7)12(16)17)21(18,19)9-6-10(13)20-11(9)14/h6-8H,2-5H2,1H3,(H,16,17). The molecule has 1 aliphatic rings. The number of sulfonamides is 1. The van der Waals surface area contributed by atoms with Crippen LogP contribution in [0.4, 0.5) is 0 Å². The zero-order chi connectivity index (χ0) is 15.8. The van der Waals surface area contributed by atoms with Gasteiger partial charge in [-0.1, -0.05) is 36.5 Å². The van der Waals surface area contributed by atoms with E-state index in [1.165, 1.54) is 6.07 Å². The predicted molar refractivity (Wildman–Crippen MR) is 82.7 cm³/mol. The maximum atomic E-state index is 12.7. The topological polar surface area (TPSA) is 74.7 Å². The van der Waals surface area contributed by atoms with Gasteiger partial charge in [0, 0.05) is 6.54 Å². The fraction of sp³-hybridized carbons (Fsp3) is 0.583. The van der Waals surface area contributed by atoms with Crippen LogP contribution in [0.1, 0.15) is 26.2 Å². The molecule has 0 saturated carbocycles. The highest BCUT2D eigenvalue weighted by molar-refractivity contribution is 7.89. The summed E-state index contributed by atoms with van der Waals surface area (Å²) in [5, 5.41) is 9.34. The summed E-state index contributed by atoms with van der Waals surface area (Å²) in [4.78, 5) is 11.3. The molecule has 0 aliphatic carbocycles. The molecule has 1 aromatic heterocycles. The molecule has 1 saturated heterocycles. The van der Waals surface area contributed by atoms with Gasteiger partial charge in [0.2, 0.25) is 10.0 Å². The van der Waals surface area contributed by atoms with Crippen molar-refractivity contribution >= 4 is 50.5 Å². The van der Waals surface area contributed by atoms with E-state index in [1.807, 2.05) is 6.92 Å². The van der Waals surface area contributed by atoms with Crippen molar-refractivity contribution in [1.82, 2.24) is 4.31 Å². The molecule has 0 radical (unpaired) electrons. The molecule has 5 nitrogen and oxygen atoms in total. The zero-order valence-electron chi connectivity index (χ0n) is 11.3. The smallest absolute Gasteiger partial charge is 0.322 e. The second-order valence-corrected chi connectivity index (χ2v) is 9.10. The second-order valence-electron chi connectivity index (χ2n) is 4.96. The summed E-state index contributed by atoms with van der Waals surface area (Å²) in [5.74, 6) is -0.909. The number of nitrogens with zero attached hydrogens (tertiary/aromatic N) is 1. The van der Waals surface area contributed by atoms with Gasteiger partial charge in [0.05, 0.1) is 4.34 Å². The molecule has 2 rings (SSSR count). The van der Waals surface area contributed by atoms with E-state index in [-0.39, 0.29) is 26.0 Å². The molecule has 2 unspecified atom stereocenters. The first-order valence-electron chi connectivity index (χ1n) is 6.46. The molecule has 9 heteroatoms. The highest BCUT2D eigenvalue weighted by atomic mass is 35.5. The maximum Gasteiger partial charge on any atom is 0.322 e. The van der Waals surface area contributed by atoms with Crippen LogP contribution >= 0.6 is 34.5 Å². The lowest BCUT2D eigenvalue weighted by atomic mass is 9.90. The molecule has 1 fully saturated rings. The Balaban J connectivity index is 2.38. The molecule has 0 aromatic carbocycles. The van der Waals surface area contributed by atoms with Crippen LogP contribution in [0.2, 0.25) is 8.67 Å². The first kappa shape index (κ1) is 17.0. The first-order chi connectivity index (χ1) is 9.77. The number of thiophene rings is 1. The summed E-state index contributed by atoms with van der Waals surface area (Å²) < 4.78 is 26.7. The molecular weight excluding hydrogens is 357 g/mol. The Morgan fingerprint density at radius 3 is 2.67 bits per heavy atom. The van der Waals surface area contributed by atoms with Gasteiger partial charge in [0.1, 0.15) is 15.3 Å². The van der Waals surface area contributed by atoms with Crippen LogP contribution in [0.15, 0.2) is 11.0 Å². The van der Waals surface area contributed by atoms with Crippen molar-refractivity contribution in [3.8, 4) is 0 Å². The number of hydrogen-bond donors (Lipinski definition) is 1. The lowest BCUT2D eigenvalue weighted by Gasteiger charge is -2.35. The van der Waals surface area contributed by atoms with Gasteiger partial charge in [-0.05, 0) is 24.8 Å². The third-order valence-corrected chi connectivity index (χ3v) is 7.40. The number of piperidine rings is 1. The molecule has 1 N–H and O–H groups in total. The van der Waals surface area contributed by atoms with Crippen molar-refractivity contribution in [2.24, 2.45) is 5.92 Å². The molecule has 0 amide bonds. The van der Waals surface area contributed by atoms with Gasteiger partial charge in [-0.25, -0.2) is 8.42 Å².